The van der Waals surface area contributed by atoms with Gasteiger partial charge in [0.2, 0.25) is 0 Å². The summed E-state index contributed by atoms with van der Waals surface area (Å²) in [5.41, 5.74) is 2.08. The van der Waals surface area contributed by atoms with Crippen molar-refractivity contribution in [2.75, 3.05) is 0 Å². The molecule has 0 saturated carbocycles. The molecule has 0 aliphatic rings. The van der Waals surface area contributed by atoms with E-state index in [2.05, 4.69) is 12.1 Å². The zero-order valence-electron chi connectivity index (χ0n) is 11.8. The van der Waals surface area contributed by atoms with Crippen LogP contribution in [0.15, 0.2) is 60.7 Å². The molecule has 0 amide bonds. The first-order valence-electron chi connectivity index (χ1n) is 7.13. The molecule has 0 heterocycles. The van der Waals surface area contributed by atoms with Crippen molar-refractivity contribution in [2.24, 2.45) is 5.92 Å². The van der Waals surface area contributed by atoms with Crippen LogP contribution in [0.5, 0.6) is 0 Å². The van der Waals surface area contributed by atoms with Crippen LogP contribution in [0, 0.1) is 5.92 Å². The first-order chi connectivity index (χ1) is 9.68. The first-order valence-corrected chi connectivity index (χ1v) is 7.13. The minimum Gasteiger partial charge on any atom is -0.393 e. The average Bonchev–Trinajstić information content (AvgIpc) is 2.53. The van der Waals surface area contributed by atoms with Gasteiger partial charge in [-0.05, 0) is 24.0 Å². The van der Waals surface area contributed by atoms with Gasteiger partial charge in [-0.15, -0.1) is 0 Å². The van der Waals surface area contributed by atoms with Gasteiger partial charge >= 0.3 is 0 Å². The van der Waals surface area contributed by atoms with Crippen LogP contribution in [-0.2, 0) is 6.42 Å². The molecular weight excluding hydrogens is 248 g/mol. The van der Waals surface area contributed by atoms with E-state index in [1.54, 1.807) is 0 Å². The predicted octanol–water partition coefficient (Wildman–Crippen LogP) is 3.35. The average molecular weight is 270 g/mol. The molecule has 0 saturated heterocycles. The van der Waals surface area contributed by atoms with Crippen molar-refractivity contribution in [3.63, 3.8) is 0 Å². The van der Waals surface area contributed by atoms with Gasteiger partial charge in [-0.1, -0.05) is 67.6 Å². The zero-order valence-corrected chi connectivity index (χ0v) is 11.8. The Labute approximate surface area is 120 Å². The SMILES string of the molecule is C[C@@H]([C@H](O)CCc1ccccc1)[C@@H](O)c1ccccc1. The molecular formula is C18H22O2. The quantitative estimate of drug-likeness (QED) is 0.845. The Kier molecular flexibility index (Phi) is 5.33. The lowest BCUT2D eigenvalue weighted by Crippen LogP contribution is -2.24. The van der Waals surface area contributed by atoms with Crippen LogP contribution in [0.4, 0.5) is 0 Å². The van der Waals surface area contributed by atoms with Gasteiger partial charge in [0.05, 0.1) is 12.2 Å². The highest BCUT2D eigenvalue weighted by atomic mass is 16.3. The molecule has 2 rings (SSSR count). The molecule has 0 aliphatic heterocycles. The second-order valence-electron chi connectivity index (χ2n) is 5.31. The number of aryl methyl sites for hydroxylation is 1. The Morgan fingerprint density at radius 1 is 0.850 bits per heavy atom. The Hall–Kier alpha value is -1.64. The van der Waals surface area contributed by atoms with E-state index in [1.165, 1.54) is 5.56 Å². The van der Waals surface area contributed by atoms with E-state index >= 15 is 0 Å². The Bertz CT molecular complexity index is 495. The zero-order chi connectivity index (χ0) is 14.4. The Balaban J connectivity index is 1.90. The predicted molar refractivity (Wildman–Crippen MR) is 81.3 cm³/mol. The summed E-state index contributed by atoms with van der Waals surface area (Å²) in [6.07, 6.45) is 0.357. The summed E-state index contributed by atoms with van der Waals surface area (Å²) in [4.78, 5) is 0. The summed E-state index contributed by atoms with van der Waals surface area (Å²) < 4.78 is 0. The van der Waals surface area contributed by atoms with E-state index in [1.807, 2.05) is 55.5 Å². The molecule has 2 aromatic rings. The maximum atomic E-state index is 10.3. The van der Waals surface area contributed by atoms with Crippen molar-refractivity contribution in [1.29, 1.82) is 0 Å². The highest BCUT2D eigenvalue weighted by molar-refractivity contribution is 5.18. The topological polar surface area (TPSA) is 40.5 Å². The number of aliphatic hydroxyl groups is 2. The summed E-state index contributed by atoms with van der Waals surface area (Å²) in [6.45, 7) is 1.90. The first kappa shape index (κ1) is 14.8. The molecule has 0 unspecified atom stereocenters. The third-order valence-electron chi connectivity index (χ3n) is 3.82. The highest BCUT2D eigenvalue weighted by Crippen LogP contribution is 2.26. The molecule has 0 aromatic heterocycles. The standard InChI is InChI=1S/C18H22O2/c1-14(18(20)16-10-6-3-7-11-16)17(19)13-12-15-8-4-2-5-9-15/h2-11,14,17-20H,12-13H2,1H3/t14-,17+,18+/m0/s1. The molecule has 2 nitrogen and oxygen atoms in total. The van der Waals surface area contributed by atoms with Crippen molar-refractivity contribution in [3.05, 3.63) is 71.8 Å². The van der Waals surface area contributed by atoms with Gasteiger partial charge in [-0.25, -0.2) is 0 Å². The summed E-state index contributed by atoms with van der Waals surface area (Å²) in [5, 5.41) is 20.5. The van der Waals surface area contributed by atoms with Crippen molar-refractivity contribution < 1.29 is 10.2 Å². The second-order valence-corrected chi connectivity index (χ2v) is 5.31. The van der Waals surface area contributed by atoms with Crippen molar-refractivity contribution in [3.8, 4) is 0 Å². The lowest BCUT2D eigenvalue weighted by Gasteiger charge is -2.24. The normalized spacial score (nSPS) is 15.6. The fourth-order valence-electron chi connectivity index (χ4n) is 2.39. The maximum absolute atomic E-state index is 10.3. The largest absolute Gasteiger partial charge is 0.393 e. The van der Waals surface area contributed by atoms with Crippen LogP contribution in [0.1, 0.15) is 30.6 Å². The lowest BCUT2D eigenvalue weighted by atomic mass is 9.89. The molecule has 0 bridgehead atoms. The summed E-state index contributed by atoms with van der Waals surface area (Å²) in [5.74, 6) is -0.180. The molecule has 2 N–H and O–H groups in total. The van der Waals surface area contributed by atoms with E-state index in [-0.39, 0.29) is 5.92 Å². The van der Waals surface area contributed by atoms with E-state index < -0.39 is 12.2 Å². The second kappa shape index (κ2) is 7.22. The van der Waals surface area contributed by atoms with Gasteiger partial charge in [0.1, 0.15) is 0 Å². The molecule has 20 heavy (non-hydrogen) atoms. The van der Waals surface area contributed by atoms with Crippen LogP contribution in [0.25, 0.3) is 0 Å². The van der Waals surface area contributed by atoms with Crippen molar-refractivity contribution >= 4 is 0 Å². The van der Waals surface area contributed by atoms with Crippen molar-refractivity contribution in [1.82, 2.24) is 0 Å². The summed E-state index contributed by atoms with van der Waals surface area (Å²) in [6, 6.07) is 19.6. The van der Waals surface area contributed by atoms with Crippen LogP contribution in [0.3, 0.4) is 0 Å². The van der Waals surface area contributed by atoms with Gasteiger partial charge in [-0.3, -0.25) is 0 Å². The van der Waals surface area contributed by atoms with Gasteiger partial charge in [-0.2, -0.15) is 0 Å². The third kappa shape index (κ3) is 3.92. The smallest absolute Gasteiger partial charge is 0.0840 e. The molecule has 0 radical (unpaired) electrons. The van der Waals surface area contributed by atoms with Gasteiger partial charge < -0.3 is 10.2 Å². The molecule has 2 aromatic carbocycles. The Morgan fingerprint density at radius 2 is 1.40 bits per heavy atom. The number of benzene rings is 2. The summed E-state index contributed by atoms with van der Waals surface area (Å²) in [7, 11) is 0. The van der Waals surface area contributed by atoms with E-state index in [9.17, 15) is 10.2 Å². The summed E-state index contributed by atoms with van der Waals surface area (Å²) >= 11 is 0. The van der Waals surface area contributed by atoms with Gasteiger partial charge in [0, 0.05) is 5.92 Å². The molecule has 2 heteroatoms. The molecule has 0 spiro atoms. The lowest BCUT2D eigenvalue weighted by molar-refractivity contribution is 0.0169. The van der Waals surface area contributed by atoms with Crippen LogP contribution in [-0.4, -0.2) is 16.3 Å². The van der Waals surface area contributed by atoms with Gasteiger partial charge in [0.15, 0.2) is 0 Å². The van der Waals surface area contributed by atoms with Gasteiger partial charge in [0.25, 0.3) is 0 Å². The number of rotatable bonds is 6. The highest BCUT2D eigenvalue weighted by Gasteiger charge is 2.23. The maximum Gasteiger partial charge on any atom is 0.0840 e. The Morgan fingerprint density at radius 3 is 2.00 bits per heavy atom. The number of hydrogen-bond acceptors (Lipinski definition) is 2. The number of aliphatic hydroxyl groups excluding tert-OH is 2. The van der Waals surface area contributed by atoms with Crippen LogP contribution >= 0.6 is 0 Å². The van der Waals surface area contributed by atoms with E-state index in [4.69, 9.17) is 0 Å². The number of hydrogen-bond donors (Lipinski definition) is 2. The molecule has 0 aliphatic carbocycles. The van der Waals surface area contributed by atoms with E-state index in [0.717, 1.165) is 12.0 Å². The molecule has 3 atom stereocenters. The minimum atomic E-state index is -0.623. The molecule has 0 fully saturated rings. The van der Waals surface area contributed by atoms with Crippen LogP contribution in [0.2, 0.25) is 0 Å². The fourth-order valence-corrected chi connectivity index (χ4v) is 2.39. The fraction of sp³-hybridized carbons (Fsp3) is 0.333. The monoisotopic (exact) mass is 270 g/mol. The van der Waals surface area contributed by atoms with Crippen molar-refractivity contribution in [2.45, 2.75) is 32.0 Å². The van der Waals surface area contributed by atoms with Crippen LogP contribution < -0.4 is 0 Å². The minimum absolute atomic E-state index is 0.180. The molecule has 106 valence electrons. The third-order valence-corrected chi connectivity index (χ3v) is 3.82. The van der Waals surface area contributed by atoms with E-state index in [0.29, 0.717) is 6.42 Å².